The lowest BCUT2D eigenvalue weighted by Gasteiger charge is -2.04. The third-order valence-corrected chi connectivity index (χ3v) is 4.49. The van der Waals surface area contributed by atoms with Gasteiger partial charge < -0.3 is 4.42 Å². The molecule has 1 aromatic heterocycles. The second-order valence-electron chi connectivity index (χ2n) is 6.36. The lowest BCUT2D eigenvalue weighted by molar-refractivity contribution is -0.384. The molecule has 28 heavy (non-hydrogen) atoms. The van der Waals surface area contributed by atoms with Gasteiger partial charge in [-0.15, -0.1) is 0 Å². The number of nitro benzene ring substituents is 1. The predicted molar refractivity (Wildman–Crippen MR) is 111 cm³/mol. The van der Waals surface area contributed by atoms with Gasteiger partial charge in [0.1, 0.15) is 11.5 Å². The molecule has 0 fully saturated rings. The van der Waals surface area contributed by atoms with E-state index in [2.05, 4.69) is 10.5 Å². The first-order valence-electron chi connectivity index (χ1n) is 8.74. The summed E-state index contributed by atoms with van der Waals surface area (Å²) in [5.74, 6) is 1.11. The Morgan fingerprint density at radius 3 is 2.71 bits per heavy atom. The maximum absolute atomic E-state index is 11.0. The lowest BCUT2D eigenvalue weighted by Crippen LogP contribution is -1.91. The first kappa shape index (κ1) is 17.5. The maximum atomic E-state index is 11.0. The zero-order chi connectivity index (χ0) is 19.5. The van der Waals surface area contributed by atoms with E-state index in [9.17, 15) is 10.1 Å². The normalized spacial score (nSPS) is 11.2. The molecule has 6 nitrogen and oxygen atoms in total. The van der Waals surface area contributed by atoms with Crippen molar-refractivity contribution in [3.8, 4) is 11.3 Å². The number of nitro groups is 1. The smallest absolute Gasteiger partial charge is 0.270 e. The Bertz CT molecular complexity index is 1190. The Balaban J connectivity index is 1.55. The van der Waals surface area contributed by atoms with E-state index in [0.29, 0.717) is 17.1 Å². The van der Waals surface area contributed by atoms with Crippen LogP contribution in [0.15, 0.2) is 82.3 Å². The maximum Gasteiger partial charge on any atom is 0.270 e. The van der Waals surface area contributed by atoms with E-state index in [0.717, 1.165) is 22.0 Å². The van der Waals surface area contributed by atoms with Gasteiger partial charge >= 0.3 is 0 Å². The molecule has 1 heterocycles. The van der Waals surface area contributed by atoms with Crippen molar-refractivity contribution in [1.29, 1.82) is 0 Å². The number of nitrogens with zero attached hydrogens (tertiary/aromatic N) is 2. The minimum Gasteiger partial charge on any atom is -0.455 e. The zero-order valence-corrected chi connectivity index (χ0v) is 15.1. The van der Waals surface area contributed by atoms with Crippen molar-refractivity contribution >= 4 is 28.4 Å². The highest BCUT2D eigenvalue weighted by Gasteiger charge is 2.12. The van der Waals surface area contributed by atoms with E-state index in [4.69, 9.17) is 4.42 Å². The molecule has 0 spiro atoms. The van der Waals surface area contributed by atoms with Gasteiger partial charge in [0.25, 0.3) is 5.69 Å². The average Bonchev–Trinajstić information content (AvgIpc) is 3.17. The number of furan rings is 1. The van der Waals surface area contributed by atoms with Gasteiger partial charge in [0.05, 0.1) is 16.8 Å². The fourth-order valence-electron chi connectivity index (χ4n) is 3.04. The summed E-state index contributed by atoms with van der Waals surface area (Å²) >= 11 is 0. The topological polar surface area (TPSA) is 80.7 Å². The molecule has 0 bridgehead atoms. The number of rotatable bonds is 5. The van der Waals surface area contributed by atoms with Crippen molar-refractivity contribution in [2.45, 2.75) is 6.92 Å². The van der Waals surface area contributed by atoms with Crippen LogP contribution in [0.2, 0.25) is 0 Å². The molecular weight excluding hydrogens is 354 g/mol. The van der Waals surface area contributed by atoms with Crippen LogP contribution in [-0.4, -0.2) is 11.1 Å². The monoisotopic (exact) mass is 371 g/mol. The molecule has 1 N–H and O–H groups in total. The van der Waals surface area contributed by atoms with Gasteiger partial charge in [-0.25, -0.2) is 0 Å². The molecule has 0 atom stereocenters. The minimum atomic E-state index is -0.414. The highest BCUT2D eigenvalue weighted by atomic mass is 16.6. The third kappa shape index (κ3) is 3.48. The minimum absolute atomic E-state index is 0.0323. The number of fused-ring (bicyclic) bond motifs is 1. The van der Waals surface area contributed by atoms with Gasteiger partial charge in [0.15, 0.2) is 0 Å². The van der Waals surface area contributed by atoms with Crippen molar-refractivity contribution < 1.29 is 9.34 Å². The molecule has 6 heteroatoms. The van der Waals surface area contributed by atoms with E-state index < -0.39 is 4.92 Å². The summed E-state index contributed by atoms with van der Waals surface area (Å²) in [6, 6.07) is 22.3. The predicted octanol–water partition coefficient (Wildman–Crippen LogP) is 5.76. The SMILES string of the molecule is Cc1ccc([N+](=O)[O-])cc1-c1ccc(C=NNc2cccc3ccccc23)o1. The van der Waals surface area contributed by atoms with Gasteiger partial charge in [-0.1, -0.05) is 42.5 Å². The highest BCUT2D eigenvalue weighted by molar-refractivity contribution is 5.94. The molecule has 4 rings (SSSR count). The average molecular weight is 371 g/mol. The van der Waals surface area contributed by atoms with Crippen molar-refractivity contribution in [2.24, 2.45) is 5.10 Å². The number of aryl methyl sites for hydroxylation is 1. The summed E-state index contributed by atoms with van der Waals surface area (Å²) < 4.78 is 5.80. The van der Waals surface area contributed by atoms with Crippen LogP contribution in [0.1, 0.15) is 11.3 Å². The van der Waals surface area contributed by atoms with Crippen molar-refractivity contribution in [1.82, 2.24) is 0 Å². The Morgan fingerprint density at radius 2 is 1.86 bits per heavy atom. The molecule has 138 valence electrons. The van der Waals surface area contributed by atoms with Crippen LogP contribution in [0.25, 0.3) is 22.1 Å². The Hall–Kier alpha value is -3.93. The van der Waals surface area contributed by atoms with Crippen molar-refractivity contribution in [3.05, 3.63) is 94.2 Å². The summed E-state index contributed by atoms with van der Waals surface area (Å²) in [6.45, 7) is 1.89. The second kappa shape index (κ2) is 7.36. The second-order valence-corrected chi connectivity index (χ2v) is 6.36. The van der Waals surface area contributed by atoms with E-state index >= 15 is 0 Å². The van der Waals surface area contributed by atoms with Gasteiger partial charge in [0, 0.05) is 23.1 Å². The Labute approximate surface area is 161 Å². The van der Waals surface area contributed by atoms with Crippen LogP contribution in [0.4, 0.5) is 11.4 Å². The van der Waals surface area contributed by atoms with Gasteiger partial charge in [-0.05, 0) is 36.1 Å². The number of hydrazone groups is 1. The quantitative estimate of drug-likeness (QED) is 0.275. The van der Waals surface area contributed by atoms with E-state index in [1.54, 1.807) is 24.4 Å². The molecule has 0 aliphatic rings. The van der Waals surface area contributed by atoms with Gasteiger partial charge in [-0.2, -0.15) is 5.10 Å². The number of hydrogen-bond acceptors (Lipinski definition) is 5. The fraction of sp³-hybridized carbons (Fsp3) is 0.0455. The molecule has 0 radical (unpaired) electrons. The molecule has 0 saturated carbocycles. The largest absolute Gasteiger partial charge is 0.455 e. The molecule has 4 aromatic rings. The first-order valence-corrected chi connectivity index (χ1v) is 8.74. The third-order valence-electron chi connectivity index (χ3n) is 4.49. The molecule has 0 saturated heterocycles. The lowest BCUT2D eigenvalue weighted by atomic mass is 10.1. The van der Waals surface area contributed by atoms with Gasteiger partial charge in [0.2, 0.25) is 0 Å². The molecular formula is C22H17N3O3. The van der Waals surface area contributed by atoms with Crippen LogP contribution in [0.3, 0.4) is 0 Å². The molecule has 0 amide bonds. The number of non-ortho nitro benzene ring substituents is 1. The standard InChI is InChI=1S/C22H17N3O3/c1-15-9-10-17(25(26)27)13-20(15)22-12-11-18(28-22)14-23-24-21-8-4-6-16-5-2-3-7-19(16)21/h2-14,24H,1H3. The number of nitrogens with one attached hydrogen (secondary N) is 1. The molecule has 0 aliphatic heterocycles. The van der Waals surface area contributed by atoms with Crippen molar-refractivity contribution in [3.63, 3.8) is 0 Å². The summed E-state index contributed by atoms with van der Waals surface area (Å²) in [6.07, 6.45) is 1.58. The van der Waals surface area contributed by atoms with E-state index in [1.807, 2.05) is 49.4 Å². The van der Waals surface area contributed by atoms with Gasteiger partial charge in [-0.3, -0.25) is 15.5 Å². The number of anilines is 1. The van der Waals surface area contributed by atoms with Crippen LogP contribution < -0.4 is 5.43 Å². The molecule has 0 aliphatic carbocycles. The summed E-state index contributed by atoms with van der Waals surface area (Å²) in [5.41, 5.74) is 5.56. The highest BCUT2D eigenvalue weighted by Crippen LogP contribution is 2.29. The fourth-order valence-corrected chi connectivity index (χ4v) is 3.04. The summed E-state index contributed by atoms with van der Waals surface area (Å²) in [7, 11) is 0. The van der Waals surface area contributed by atoms with E-state index in [-0.39, 0.29) is 5.69 Å². The van der Waals surface area contributed by atoms with Crippen LogP contribution in [-0.2, 0) is 0 Å². The zero-order valence-electron chi connectivity index (χ0n) is 15.1. The molecule has 3 aromatic carbocycles. The number of benzene rings is 3. The van der Waals surface area contributed by atoms with Crippen molar-refractivity contribution in [2.75, 3.05) is 5.43 Å². The van der Waals surface area contributed by atoms with Crippen LogP contribution >= 0.6 is 0 Å². The van der Waals surface area contributed by atoms with E-state index in [1.165, 1.54) is 12.1 Å². The van der Waals surface area contributed by atoms with Crippen LogP contribution in [0, 0.1) is 17.0 Å². The first-order chi connectivity index (χ1) is 13.6. The Morgan fingerprint density at radius 1 is 1.04 bits per heavy atom. The van der Waals surface area contributed by atoms with Crippen LogP contribution in [0.5, 0.6) is 0 Å². The Kier molecular flexibility index (Phi) is 4.60. The molecule has 0 unspecified atom stereocenters. The summed E-state index contributed by atoms with van der Waals surface area (Å²) in [4.78, 5) is 10.6. The number of hydrogen-bond donors (Lipinski definition) is 1. The summed E-state index contributed by atoms with van der Waals surface area (Å²) in [5, 5.41) is 17.5.